The van der Waals surface area contributed by atoms with Crippen LogP contribution in [0.15, 0.2) is 17.0 Å². The molecule has 0 saturated carbocycles. The number of hydrogen-bond acceptors (Lipinski definition) is 6. The molecule has 0 spiro atoms. The summed E-state index contributed by atoms with van der Waals surface area (Å²) in [6.07, 6.45) is 3.50. The van der Waals surface area contributed by atoms with Crippen LogP contribution >= 0.6 is 0 Å². The summed E-state index contributed by atoms with van der Waals surface area (Å²) < 4.78 is 11.8. The van der Waals surface area contributed by atoms with Crippen molar-refractivity contribution in [2.75, 3.05) is 13.7 Å². The molecule has 0 fully saturated rings. The van der Waals surface area contributed by atoms with Crippen LogP contribution in [-0.2, 0) is 17.9 Å². The monoisotopic (exact) mass is 223 g/mol. The van der Waals surface area contributed by atoms with E-state index in [1.54, 1.807) is 13.4 Å². The van der Waals surface area contributed by atoms with Crippen LogP contribution in [0.3, 0.4) is 0 Å². The van der Waals surface area contributed by atoms with E-state index in [1.807, 2.05) is 10.8 Å². The van der Waals surface area contributed by atoms with E-state index in [2.05, 4.69) is 15.1 Å². The first kappa shape index (κ1) is 10.8. The highest BCUT2D eigenvalue weighted by Crippen LogP contribution is 2.14. The Morgan fingerprint density at radius 1 is 1.56 bits per heavy atom. The summed E-state index contributed by atoms with van der Waals surface area (Å²) in [5, 5.41) is 3.75. The summed E-state index contributed by atoms with van der Waals surface area (Å²) in [5.41, 5.74) is 6.08. The van der Waals surface area contributed by atoms with Gasteiger partial charge in [-0.2, -0.15) is 4.98 Å². The second-order valence-corrected chi connectivity index (χ2v) is 3.23. The number of rotatable bonds is 5. The van der Waals surface area contributed by atoms with Gasteiger partial charge >= 0.3 is 0 Å². The van der Waals surface area contributed by atoms with Crippen molar-refractivity contribution in [3.05, 3.63) is 18.3 Å². The Morgan fingerprint density at radius 3 is 3.19 bits per heavy atom. The summed E-state index contributed by atoms with van der Waals surface area (Å²) in [6.45, 7) is 1.60. The Bertz CT molecular complexity index is 408. The molecular formula is C9H13N5O2. The standard InChI is InChI=1S/C9H13N5O2/c1-15-5-8-12-9(16-13-8)7-4-14(3-2-10)6-11-7/h4,6H,2-3,5,10H2,1H3. The zero-order valence-corrected chi connectivity index (χ0v) is 8.96. The van der Waals surface area contributed by atoms with Crippen molar-refractivity contribution >= 4 is 0 Å². The van der Waals surface area contributed by atoms with Gasteiger partial charge in [-0.05, 0) is 0 Å². The lowest BCUT2D eigenvalue weighted by Crippen LogP contribution is -2.07. The molecule has 2 aromatic rings. The maximum Gasteiger partial charge on any atom is 0.278 e. The fraction of sp³-hybridized carbons (Fsp3) is 0.444. The molecular weight excluding hydrogens is 210 g/mol. The number of nitrogens with two attached hydrogens (primary N) is 1. The molecule has 0 atom stereocenters. The third-order valence-electron chi connectivity index (χ3n) is 1.98. The predicted octanol–water partition coefficient (Wildman–Crippen LogP) is 0.0382. The topological polar surface area (TPSA) is 92.0 Å². The zero-order chi connectivity index (χ0) is 11.4. The van der Waals surface area contributed by atoms with Crippen LogP contribution in [0.2, 0.25) is 0 Å². The number of hydrogen-bond donors (Lipinski definition) is 1. The van der Waals surface area contributed by atoms with Crippen LogP contribution in [-0.4, -0.2) is 33.3 Å². The summed E-state index contributed by atoms with van der Waals surface area (Å²) in [6, 6.07) is 0. The molecule has 16 heavy (non-hydrogen) atoms. The SMILES string of the molecule is COCc1noc(-c2cn(CCN)cn2)n1. The molecule has 0 saturated heterocycles. The summed E-state index contributed by atoms with van der Waals surface area (Å²) in [7, 11) is 1.58. The van der Waals surface area contributed by atoms with E-state index in [0.29, 0.717) is 37.1 Å². The van der Waals surface area contributed by atoms with Crippen molar-refractivity contribution in [2.24, 2.45) is 5.73 Å². The van der Waals surface area contributed by atoms with E-state index < -0.39 is 0 Å². The number of aromatic nitrogens is 4. The molecule has 7 nitrogen and oxygen atoms in total. The van der Waals surface area contributed by atoms with Crippen molar-refractivity contribution < 1.29 is 9.26 Å². The van der Waals surface area contributed by atoms with Gasteiger partial charge in [0.05, 0.1) is 6.33 Å². The summed E-state index contributed by atoms with van der Waals surface area (Å²) in [4.78, 5) is 8.28. The first-order valence-corrected chi connectivity index (χ1v) is 4.87. The first-order valence-electron chi connectivity index (χ1n) is 4.87. The molecule has 7 heteroatoms. The first-order chi connectivity index (χ1) is 7.83. The smallest absolute Gasteiger partial charge is 0.278 e. The lowest BCUT2D eigenvalue weighted by molar-refractivity contribution is 0.174. The Morgan fingerprint density at radius 2 is 2.44 bits per heavy atom. The molecule has 2 aromatic heterocycles. The highest BCUT2D eigenvalue weighted by atomic mass is 16.5. The van der Waals surface area contributed by atoms with Gasteiger partial charge in [0.25, 0.3) is 5.89 Å². The highest BCUT2D eigenvalue weighted by molar-refractivity contribution is 5.44. The zero-order valence-electron chi connectivity index (χ0n) is 8.96. The average Bonchev–Trinajstić information content (AvgIpc) is 2.87. The van der Waals surface area contributed by atoms with Crippen LogP contribution in [0.25, 0.3) is 11.6 Å². The van der Waals surface area contributed by atoms with Crippen LogP contribution in [0.1, 0.15) is 5.82 Å². The fourth-order valence-corrected chi connectivity index (χ4v) is 1.29. The molecule has 0 amide bonds. The van der Waals surface area contributed by atoms with Crippen LogP contribution in [0, 0.1) is 0 Å². The number of ether oxygens (including phenoxy) is 1. The van der Waals surface area contributed by atoms with Crippen molar-refractivity contribution in [1.29, 1.82) is 0 Å². The maximum absolute atomic E-state index is 5.44. The minimum atomic E-state index is 0.326. The number of nitrogens with zero attached hydrogens (tertiary/aromatic N) is 4. The second kappa shape index (κ2) is 4.86. The molecule has 2 rings (SSSR count). The fourth-order valence-electron chi connectivity index (χ4n) is 1.29. The molecule has 0 aromatic carbocycles. The van der Waals surface area contributed by atoms with E-state index in [1.165, 1.54) is 0 Å². The highest BCUT2D eigenvalue weighted by Gasteiger charge is 2.10. The largest absolute Gasteiger partial charge is 0.377 e. The Kier molecular flexibility index (Phi) is 3.28. The van der Waals surface area contributed by atoms with Crippen LogP contribution in [0.5, 0.6) is 0 Å². The molecule has 2 N–H and O–H groups in total. The minimum absolute atomic E-state index is 0.326. The van der Waals surface area contributed by atoms with Gasteiger partial charge < -0.3 is 19.6 Å². The van der Waals surface area contributed by atoms with Crippen LogP contribution in [0.4, 0.5) is 0 Å². The average molecular weight is 223 g/mol. The van der Waals surface area contributed by atoms with E-state index in [4.69, 9.17) is 15.0 Å². The van der Waals surface area contributed by atoms with Gasteiger partial charge in [-0.15, -0.1) is 0 Å². The van der Waals surface area contributed by atoms with Crippen molar-refractivity contribution in [3.63, 3.8) is 0 Å². The molecule has 0 unspecified atom stereocenters. The van der Waals surface area contributed by atoms with Crippen LogP contribution < -0.4 is 5.73 Å². The molecule has 0 aliphatic heterocycles. The van der Waals surface area contributed by atoms with Gasteiger partial charge in [0.1, 0.15) is 12.3 Å². The Hall–Kier alpha value is -1.73. The van der Waals surface area contributed by atoms with Gasteiger partial charge in [0.15, 0.2) is 5.82 Å². The summed E-state index contributed by atoms with van der Waals surface area (Å²) >= 11 is 0. The molecule has 0 radical (unpaired) electrons. The van der Waals surface area contributed by atoms with E-state index in [0.717, 1.165) is 0 Å². The maximum atomic E-state index is 5.44. The second-order valence-electron chi connectivity index (χ2n) is 3.23. The molecule has 0 aliphatic rings. The van der Waals surface area contributed by atoms with Crippen molar-refractivity contribution in [3.8, 4) is 11.6 Å². The van der Waals surface area contributed by atoms with Crippen molar-refractivity contribution in [2.45, 2.75) is 13.2 Å². The van der Waals surface area contributed by atoms with Crippen molar-refractivity contribution in [1.82, 2.24) is 19.7 Å². The lowest BCUT2D eigenvalue weighted by Gasteiger charge is -1.94. The lowest BCUT2D eigenvalue weighted by atomic mass is 10.5. The minimum Gasteiger partial charge on any atom is -0.377 e. The predicted molar refractivity (Wildman–Crippen MR) is 55.3 cm³/mol. The van der Waals surface area contributed by atoms with E-state index >= 15 is 0 Å². The number of methoxy groups -OCH3 is 1. The Labute approximate surface area is 92.2 Å². The molecule has 0 aliphatic carbocycles. The van der Waals surface area contributed by atoms with Gasteiger partial charge in [0.2, 0.25) is 0 Å². The van der Waals surface area contributed by atoms with Gasteiger partial charge in [-0.1, -0.05) is 5.16 Å². The normalized spacial score (nSPS) is 10.9. The summed E-state index contributed by atoms with van der Waals surface area (Å²) in [5.74, 6) is 0.897. The van der Waals surface area contributed by atoms with E-state index in [-0.39, 0.29) is 0 Å². The molecule has 0 bridgehead atoms. The van der Waals surface area contributed by atoms with Gasteiger partial charge in [-0.25, -0.2) is 4.98 Å². The number of imidazole rings is 1. The quantitative estimate of drug-likeness (QED) is 0.769. The van der Waals surface area contributed by atoms with Gasteiger partial charge in [0, 0.05) is 26.4 Å². The third kappa shape index (κ3) is 2.26. The Balaban J connectivity index is 2.14. The molecule has 2 heterocycles. The van der Waals surface area contributed by atoms with Gasteiger partial charge in [-0.3, -0.25) is 0 Å². The van der Waals surface area contributed by atoms with E-state index in [9.17, 15) is 0 Å². The molecule has 86 valence electrons. The third-order valence-corrected chi connectivity index (χ3v) is 1.98.